The lowest BCUT2D eigenvalue weighted by Crippen LogP contribution is -2.43. The van der Waals surface area contributed by atoms with Crippen molar-refractivity contribution < 1.29 is 23.5 Å². The van der Waals surface area contributed by atoms with Gasteiger partial charge in [-0.05, 0) is 43.3 Å². The summed E-state index contributed by atoms with van der Waals surface area (Å²) in [6, 6.07) is 11.9. The van der Waals surface area contributed by atoms with Gasteiger partial charge in [0.05, 0.1) is 29.3 Å². The normalized spacial score (nSPS) is 16.6. The van der Waals surface area contributed by atoms with E-state index in [1.807, 2.05) is 0 Å². The van der Waals surface area contributed by atoms with E-state index in [0.29, 0.717) is 16.4 Å². The molecule has 1 aliphatic rings. The van der Waals surface area contributed by atoms with Crippen LogP contribution in [0.2, 0.25) is 5.02 Å². The highest BCUT2D eigenvalue weighted by atomic mass is 35.5. The van der Waals surface area contributed by atoms with Gasteiger partial charge >= 0.3 is 5.97 Å². The predicted molar refractivity (Wildman–Crippen MR) is 107 cm³/mol. The molecule has 2 amide bonds. The van der Waals surface area contributed by atoms with E-state index in [9.17, 15) is 18.8 Å². The fourth-order valence-corrected chi connectivity index (χ4v) is 3.44. The molecular weight excluding hydrogens is 399 g/mol. The number of nitrogens with zero attached hydrogens (tertiary/aromatic N) is 1. The Morgan fingerprint density at radius 1 is 1.17 bits per heavy atom. The molecule has 8 heteroatoms. The van der Waals surface area contributed by atoms with E-state index in [2.05, 4.69) is 5.32 Å². The number of halogens is 2. The number of amides is 2. The van der Waals surface area contributed by atoms with Crippen LogP contribution in [0.3, 0.4) is 0 Å². The van der Waals surface area contributed by atoms with Gasteiger partial charge in [-0.2, -0.15) is 0 Å². The van der Waals surface area contributed by atoms with Crippen LogP contribution < -0.4 is 10.2 Å². The molecule has 0 spiro atoms. The molecule has 150 valence electrons. The van der Waals surface area contributed by atoms with Crippen LogP contribution >= 0.6 is 11.6 Å². The number of esters is 1. The van der Waals surface area contributed by atoms with Crippen LogP contribution in [-0.2, 0) is 19.1 Å². The maximum absolute atomic E-state index is 13.3. The quantitative estimate of drug-likeness (QED) is 0.766. The lowest BCUT2D eigenvalue weighted by Gasteiger charge is -2.33. The van der Waals surface area contributed by atoms with Crippen LogP contribution in [0.5, 0.6) is 0 Å². The Morgan fingerprint density at radius 3 is 2.45 bits per heavy atom. The van der Waals surface area contributed by atoms with Gasteiger partial charge in [0.25, 0.3) is 0 Å². The summed E-state index contributed by atoms with van der Waals surface area (Å²) in [6.45, 7) is 1.54. The molecule has 29 heavy (non-hydrogen) atoms. The first-order valence-corrected chi connectivity index (χ1v) is 9.14. The molecule has 0 bridgehead atoms. The number of para-hydroxylation sites is 1. The van der Waals surface area contributed by atoms with Crippen molar-refractivity contribution in [1.82, 2.24) is 0 Å². The molecule has 0 radical (unpaired) electrons. The van der Waals surface area contributed by atoms with Crippen molar-refractivity contribution >= 4 is 40.8 Å². The molecule has 0 aromatic heterocycles. The molecule has 0 aliphatic carbocycles. The first kappa shape index (κ1) is 20.5. The van der Waals surface area contributed by atoms with E-state index in [4.69, 9.17) is 16.3 Å². The maximum Gasteiger partial charge on any atom is 0.336 e. The van der Waals surface area contributed by atoms with Gasteiger partial charge in [-0.15, -0.1) is 0 Å². The number of benzene rings is 2. The van der Waals surface area contributed by atoms with Crippen LogP contribution in [0.15, 0.2) is 59.8 Å². The summed E-state index contributed by atoms with van der Waals surface area (Å²) >= 11 is 6.08. The van der Waals surface area contributed by atoms with Gasteiger partial charge < -0.3 is 10.1 Å². The van der Waals surface area contributed by atoms with E-state index < -0.39 is 29.5 Å². The molecule has 0 saturated heterocycles. The molecule has 1 unspecified atom stereocenters. The number of methoxy groups -OCH3 is 1. The number of hydrogen-bond acceptors (Lipinski definition) is 4. The predicted octanol–water partition coefficient (Wildman–Crippen LogP) is 3.92. The van der Waals surface area contributed by atoms with Crippen molar-refractivity contribution in [2.24, 2.45) is 5.92 Å². The summed E-state index contributed by atoms with van der Waals surface area (Å²) in [6.07, 6.45) is -0.255. The highest BCUT2D eigenvalue weighted by Gasteiger charge is 2.40. The minimum atomic E-state index is -1.05. The van der Waals surface area contributed by atoms with Crippen molar-refractivity contribution in [2.45, 2.75) is 13.3 Å². The average molecular weight is 417 g/mol. The standard InChI is InChI=1S/C21H18ClFN2O4/c1-12-19(21(28)29-2)15(20(27)24-17-6-4-3-5-16(17)22)11-18(26)25(12)14-9-7-13(23)8-10-14/h3-10,15H,11H2,1-2H3,(H,24,27). The lowest BCUT2D eigenvalue weighted by atomic mass is 9.88. The molecule has 2 aromatic rings. The summed E-state index contributed by atoms with van der Waals surface area (Å²) in [4.78, 5) is 39.5. The van der Waals surface area contributed by atoms with Crippen LogP contribution in [0.1, 0.15) is 13.3 Å². The molecule has 1 N–H and O–H groups in total. The molecule has 2 aromatic carbocycles. The van der Waals surface area contributed by atoms with Crippen molar-refractivity contribution in [3.8, 4) is 0 Å². The first-order chi connectivity index (χ1) is 13.8. The van der Waals surface area contributed by atoms with Crippen LogP contribution in [-0.4, -0.2) is 24.9 Å². The van der Waals surface area contributed by atoms with E-state index in [1.54, 1.807) is 31.2 Å². The highest BCUT2D eigenvalue weighted by Crippen LogP contribution is 2.34. The number of hydrogen-bond donors (Lipinski definition) is 1. The third-order valence-corrected chi connectivity index (χ3v) is 4.97. The van der Waals surface area contributed by atoms with Crippen molar-refractivity contribution in [3.63, 3.8) is 0 Å². The van der Waals surface area contributed by atoms with E-state index in [0.717, 1.165) is 0 Å². The zero-order valence-corrected chi connectivity index (χ0v) is 16.5. The Morgan fingerprint density at radius 2 is 1.83 bits per heavy atom. The fraction of sp³-hybridized carbons (Fsp3) is 0.190. The summed E-state index contributed by atoms with van der Waals surface area (Å²) in [5.41, 5.74) is 1.06. The van der Waals surface area contributed by atoms with Gasteiger partial charge in [0.15, 0.2) is 0 Å². The van der Waals surface area contributed by atoms with Crippen LogP contribution in [0.4, 0.5) is 15.8 Å². The second kappa shape index (κ2) is 8.45. The van der Waals surface area contributed by atoms with E-state index >= 15 is 0 Å². The zero-order valence-electron chi connectivity index (χ0n) is 15.7. The molecule has 1 aliphatic heterocycles. The lowest BCUT2D eigenvalue weighted by molar-refractivity contribution is -0.138. The molecular formula is C21H18ClFN2O4. The van der Waals surface area contributed by atoms with Crippen molar-refractivity contribution in [1.29, 1.82) is 0 Å². The van der Waals surface area contributed by atoms with Gasteiger partial charge in [0.2, 0.25) is 11.8 Å². The van der Waals surface area contributed by atoms with E-state index in [1.165, 1.54) is 36.3 Å². The van der Waals surface area contributed by atoms with Crippen LogP contribution in [0, 0.1) is 11.7 Å². The summed E-state index contributed by atoms with van der Waals surface area (Å²) in [5, 5.41) is 2.99. The number of rotatable bonds is 4. The largest absolute Gasteiger partial charge is 0.466 e. The second-order valence-corrected chi connectivity index (χ2v) is 6.83. The van der Waals surface area contributed by atoms with Gasteiger partial charge in [0.1, 0.15) is 5.82 Å². The minimum Gasteiger partial charge on any atom is -0.466 e. The topological polar surface area (TPSA) is 75.7 Å². The Hall–Kier alpha value is -3.19. The monoisotopic (exact) mass is 416 g/mol. The smallest absolute Gasteiger partial charge is 0.336 e. The number of carbonyl (C=O) groups excluding carboxylic acids is 3. The van der Waals surface area contributed by atoms with Gasteiger partial charge in [0, 0.05) is 17.8 Å². The Labute approximate surface area is 171 Å². The number of ether oxygens (including phenoxy) is 1. The SMILES string of the molecule is COC(=O)C1=C(C)N(c2ccc(F)cc2)C(=O)CC1C(=O)Nc1ccccc1Cl. The van der Waals surface area contributed by atoms with Gasteiger partial charge in [-0.1, -0.05) is 23.7 Å². The summed E-state index contributed by atoms with van der Waals surface area (Å²) in [7, 11) is 1.20. The van der Waals surface area contributed by atoms with Crippen molar-refractivity contribution in [3.05, 3.63) is 70.6 Å². The number of carbonyl (C=O) groups is 3. The number of anilines is 2. The fourth-order valence-electron chi connectivity index (χ4n) is 3.26. The molecule has 1 heterocycles. The zero-order chi connectivity index (χ0) is 21.1. The van der Waals surface area contributed by atoms with Crippen LogP contribution in [0.25, 0.3) is 0 Å². The molecule has 0 fully saturated rings. The Kier molecular flexibility index (Phi) is 5.98. The van der Waals surface area contributed by atoms with Crippen molar-refractivity contribution in [2.75, 3.05) is 17.3 Å². The van der Waals surface area contributed by atoms with Gasteiger partial charge in [-0.25, -0.2) is 9.18 Å². The molecule has 3 rings (SSSR count). The summed E-state index contributed by atoms with van der Waals surface area (Å²) in [5.74, 6) is -3.18. The summed E-state index contributed by atoms with van der Waals surface area (Å²) < 4.78 is 18.1. The van der Waals surface area contributed by atoms with Gasteiger partial charge in [-0.3, -0.25) is 14.5 Å². The first-order valence-electron chi connectivity index (χ1n) is 8.76. The highest BCUT2D eigenvalue weighted by molar-refractivity contribution is 6.33. The van der Waals surface area contributed by atoms with E-state index in [-0.39, 0.29) is 17.7 Å². The maximum atomic E-state index is 13.3. The Balaban J connectivity index is 2.01. The number of nitrogens with one attached hydrogen (secondary N) is 1. The number of allylic oxidation sites excluding steroid dienone is 1. The average Bonchev–Trinajstić information content (AvgIpc) is 2.70. The third-order valence-electron chi connectivity index (χ3n) is 4.64. The third kappa shape index (κ3) is 4.14. The molecule has 1 atom stereocenters. The molecule has 6 nitrogen and oxygen atoms in total. The molecule has 0 saturated carbocycles. The Bertz CT molecular complexity index is 1000. The second-order valence-electron chi connectivity index (χ2n) is 6.42. The minimum absolute atomic E-state index is 0.0565.